The van der Waals surface area contributed by atoms with Crippen molar-refractivity contribution in [2.24, 2.45) is 5.92 Å². The van der Waals surface area contributed by atoms with Crippen molar-refractivity contribution in [3.63, 3.8) is 0 Å². The van der Waals surface area contributed by atoms with Crippen LogP contribution in [0.4, 0.5) is 4.39 Å². The zero-order valence-electron chi connectivity index (χ0n) is 10.3. The Kier molecular flexibility index (Phi) is 3.55. The van der Waals surface area contributed by atoms with Crippen molar-refractivity contribution in [2.45, 2.75) is 25.4 Å². The molecular weight excluding hydrogens is 251 g/mol. The number of nitrogens with zero attached hydrogens (tertiary/aromatic N) is 1. The molecule has 0 saturated carbocycles. The molecule has 2 nitrogen and oxygen atoms in total. The van der Waals surface area contributed by atoms with Crippen LogP contribution in [0.15, 0.2) is 18.2 Å². The van der Waals surface area contributed by atoms with Gasteiger partial charge in [0, 0.05) is 25.7 Å². The van der Waals surface area contributed by atoms with Crippen LogP contribution in [0.5, 0.6) is 0 Å². The molecule has 2 atom stereocenters. The van der Waals surface area contributed by atoms with Gasteiger partial charge >= 0.3 is 0 Å². The first-order chi connectivity index (χ1) is 8.72. The largest absolute Gasteiger partial charge is 0.312 e. The molecule has 0 amide bonds. The Morgan fingerprint density at radius 1 is 1.39 bits per heavy atom. The highest BCUT2D eigenvalue weighted by atomic mass is 35.5. The van der Waals surface area contributed by atoms with E-state index in [4.69, 9.17) is 11.6 Å². The average molecular weight is 269 g/mol. The molecule has 0 radical (unpaired) electrons. The summed E-state index contributed by atoms with van der Waals surface area (Å²) >= 11 is 5.70. The Balaban J connectivity index is 1.64. The van der Waals surface area contributed by atoms with Crippen LogP contribution >= 0.6 is 11.6 Å². The van der Waals surface area contributed by atoms with E-state index < -0.39 is 0 Å². The number of rotatable bonds is 2. The molecule has 2 fully saturated rings. The highest BCUT2D eigenvalue weighted by Gasteiger charge is 2.33. The Labute approximate surface area is 112 Å². The van der Waals surface area contributed by atoms with Gasteiger partial charge in [-0.1, -0.05) is 17.7 Å². The molecule has 0 bridgehead atoms. The third-order valence-electron chi connectivity index (χ3n) is 4.07. The molecule has 2 heterocycles. The van der Waals surface area contributed by atoms with Gasteiger partial charge < -0.3 is 5.32 Å². The summed E-state index contributed by atoms with van der Waals surface area (Å²) in [4.78, 5) is 2.41. The molecule has 0 spiro atoms. The standard InChI is InChI=1S/C14H18ClFN2/c15-12-4-3-10(6-13(12)16)7-18-8-11-2-1-5-17-14(11)9-18/h3-4,6,11,14,17H,1-2,5,7-9H2/t11-,14+/m0/s1. The van der Waals surface area contributed by atoms with Gasteiger partial charge in [-0.25, -0.2) is 4.39 Å². The number of hydrogen-bond donors (Lipinski definition) is 1. The first-order valence-electron chi connectivity index (χ1n) is 6.62. The number of fused-ring (bicyclic) bond motifs is 1. The number of likely N-dealkylation sites (tertiary alicyclic amines) is 1. The summed E-state index contributed by atoms with van der Waals surface area (Å²) < 4.78 is 13.4. The van der Waals surface area contributed by atoms with Crippen LogP contribution < -0.4 is 5.32 Å². The summed E-state index contributed by atoms with van der Waals surface area (Å²) in [6.45, 7) is 4.17. The van der Waals surface area contributed by atoms with Crippen molar-refractivity contribution in [1.29, 1.82) is 0 Å². The molecule has 1 N–H and O–H groups in total. The van der Waals surface area contributed by atoms with Crippen molar-refractivity contribution in [3.05, 3.63) is 34.6 Å². The SMILES string of the molecule is Fc1cc(CN2C[C@@H]3CCCN[C@@H]3C2)ccc1Cl. The van der Waals surface area contributed by atoms with Crippen molar-refractivity contribution < 1.29 is 4.39 Å². The lowest BCUT2D eigenvalue weighted by molar-refractivity contribution is 0.312. The highest BCUT2D eigenvalue weighted by Crippen LogP contribution is 2.26. The predicted octanol–water partition coefficient (Wildman–Crippen LogP) is 2.66. The lowest BCUT2D eigenvalue weighted by Crippen LogP contribution is -2.40. The molecule has 2 aliphatic heterocycles. The topological polar surface area (TPSA) is 15.3 Å². The first kappa shape index (κ1) is 12.4. The Hall–Kier alpha value is -0.640. The molecule has 2 aliphatic rings. The third kappa shape index (κ3) is 2.53. The van der Waals surface area contributed by atoms with Crippen LogP contribution in [0, 0.1) is 11.7 Å². The molecule has 0 unspecified atom stereocenters. The van der Waals surface area contributed by atoms with Crippen molar-refractivity contribution >= 4 is 11.6 Å². The van der Waals surface area contributed by atoms with E-state index in [0.717, 1.165) is 37.7 Å². The number of halogens is 2. The summed E-state index contributed by atoms with van der Waals surface area (Å²) in [6, 6.07) is 5.75. The number of benzene rings is 1. The van der Waals surface area contributed by atoms with E-state index in [2.05, 4.69) is 10.2 Å². The zero-order chi connectivity index (χ0) is 12.5. The van der Waals surface area contributed by atoms with Gasteiger partial charge in [-0.2, -0.15) is 0 Å². The highest BCUT2D eigenvalue weighted by molar-refractivity contribution is 6.30. The van der Waals surface area contributed by atoms with Gasteiger partial charge in [0.25, 0.3) is 0 Å². The summed E-state index contributed by atoms with van der Waals surface area (Å²) in [5, 5.41) is 3.78. The van der Waals surface area contributed by atoms with E-state index in [1.54, 1.807) is 12.1 Å². The Morgan fingerprint density at radius 3 is 3.06 bits per heavy atom. The molecule has 18 heavy (non-hydrogen) atoms. The fraction of sp³-hybridized carbons (Fsp3) is 0.571. The van der Waals surface area contributed by atoms with Crippen LogP contribution in [0.1, 0.15) is 18.4 Å². The van der Waals surface area contributed by atoms with Gasteiger partial charge in [0.2, 0.25) is 0 Å². The summed E-state index contributed by atoms with van der Waals surface area (Å²) in [5.74, 6) is 0.458. The average Bonchev–Trinajstić information content (AvgIpc) is 2.76. The molecule has 1 aromatic rings. The van der Waals surface area contributed by atoms with E-state index in [0.29, 0.717) is 6.04 Å². The van der Waals surface area contributed by atoms with Gasteiger partial charge in [-0.3, -0.25) is 4.90 Å². The van der Waals surface area contributed by atoms with Crippen LogP contribution in [0.2, 0.25) is 5.02 Å². The summed E-state index contributed by atoms with van der Waals surface area (Å²) in [5.41, 5.74) is 1.01. The zero-order valence-corrected chi connectivity index (χ0v) is 11.1. The maximum atomic E-state index is 13.4. The normalized spacial score (nSPS) is 28.3. The van der Waals surface area contributed by atoms with E-state index in [1.807, 2.05) is 6.07 Å². The number of piperidine rings is 1. The lowest BCUT2D eigenvalue weighted by atomic mass is 9.94. The molecule has 0 aromatic heterocycles. The van der Waals surface area contributed by atoms with Crippen molar-refractivity contribution in [3.8, 4) is 0 Å². The maximum Gasteiger partial charge on any atom is 0.142 e. The summed E-state index contributed by atoms with van der Waals surface area (Å²) in [6.07, 6.45) is 2.60. The van der Waals surface area contributed by atoms with Crippen LogP contribution in [0.3, 0.4) is 0 Å². The van der Waals surface area contributed by atoms with Crippen molar-refractivity contribution in [1.82, 2.24) is 10.2 Å². The smallest absolute Gasteiger partial charge is 0.142 e. The minimum absolute atomic E-state index is 0.204. The van der Waals surface area contributed by atoms with Gasteiger partial charge in [0.1, 0.15) is 5.82 Å². The molecular formula is C14H18ClFN2. The molecule has 98 valence electrons. The van der Waals surface area contributed by atoms with Crippen LogP contribution in [-0.4, -0.2) is 30.6 Å². The number of hydrogen-bond acceptors (Lipinski definition) is 2. The second-order valence-corrected chi connectivity index (χ2v) is 5.81. The minimum atomic E-state index is -0.316. The van der Waals surface area contributed by atoms with E-state index in [1.165, 1.54) is 12.8 Å². The predicted molar refractivity (Wildman–Crippen MR) is 71.2 cm³/mol. The molecule has 2 saturated heterocycles. The second-order valence-electron chi connectivity index (χ2n) is 5.41. The van der Waals surface area contributed by atoms with Gasteiger partial charge in [0.05, 0.1) is 5.02 Å². The van der Waals surface area contributed by atoms with Crippen molar-refractivity contribution in [2.75, 3.05) is 19.6 Å². The molecule has 4 heteroatoms. The molecule has 1 aromatic carbocycles. The fourth-order valence-electron chi connectivity index (χ4n) is 3.16. The fourth-order valence-corrected chi connectivity index (χ4v) is 3.28. The van der Waals surface area contributed by atoms with E-state index >= 15 is 0 Å². The molecule has 3 rings (SSSR count). The Morgan fingerprint density at radius 2 is 2.28 bits per heavy atom. The monoisotopic (exact) mass is 268 g/mol. The minimum Gasteiger partial charge on any atom is -0.312 e. The Bertz CT molecular complexity index is 424. The van der Waals surface area contributed by atoms with Gasteiger partial charge in [0.15, 0.2) is 0 Å². The lowest BCUT2D eigenvalue weighted by Gasteiger charge is -2.24. The summed E-state index contributed by atoms with van der Waals surface area (Å²) in [7, 11) is 0. The third-order valence-corrected chi connectivity index (χ3v) is 4.37. The van der Waals surface area contributed by atoms with Crippen LogP contribution in [-0.2, 0) is 6.54 Å². The number of nitrogens with one attached hydrogen (secondary N) is 1. The van der Waals surface area contributed by atoms with Crippen LogP contribution in [0.25, 0.3) is 0 Å². The first-order valence-corrected chi connectivity index (χ1v) is 7.00. The quantitative estimate of drug-likeness (QED) is 0.887. The molecule has 0 aliphatic carbocycles. The maximum absolute atomic E-state index is 13.4. The second kappa shape index (κ2) is 5.16. The van der Waals surface area contributed by atoms with E-state index in [9.17, 15) is 4.39 Å². The van der Waals surface area contributed by atoms with Gasteiger partial charge in [-0.15, -0.1) is 0 Å². The van der Waals surface area contributed by atoms with Gasteiger partial charge in [-0.05, 0) is 43.0 Å². The van der Waals surface area contributed by atoms with E-state index in [-0.39, 0.29) is 10.8 Å².